The Morgan fingerprint density at radius 3 is 2.62 bits per heavy atom. The minimum Gasteiger partial charge on any atom is -0.493 e. The number of carbonyl (C=O) groups excluding carboxylic acids is 3. The molecule has 0 saturated carbocycles. The van der Waals surface area contributed by atoms with Gasteiger partial charge < -0.3 is 23.9 Å². The van der Waals surface area contributed by atoms with E-state index in [0.717, 1.165) is 4.90 Å². The summed E-state index contributed by atoms with van der Waals surface area (Å²) in [7, 11) is 4.13. The third-order valence-electron chi connectivity index (χ3n) is 4.10. The molecule has 2 heterocycles. The third-order valence-corrected chi connectivity index (χ3v) is 4.31. The summed E-state index contributed by atoms with van der Waals surface area (Å²) in [6.07, 6.45) is 1.44. The number of benzene rings is 1. The molecule has 9 nitrogen and oxygen atoms in total. The standard InChI is InChI=1S/C19H17ClN2O7/c1-26-15-8-11(20)6-10(16(15)27-2)7-13-17(23)22(19(25)21-13)9-12-4-5-14(29-12)18(24)28-3/h4-8H,9H2,1-3H3,(H,21,25). The maximum atomic E-state index is 12.7. The van der Waals surface area contributed by atoms with Crippen LogP contribution < -0.4 is 14.8 Å². The second-order valence-corrected chi connectivity index (χ2v) is 6.30. The molecule has 0 spiro atoms. The lowest BCUT2D eigenvalue weighted by atomic mass is 10.1. The first-order valence-corrected chi connectivity index (χ1v) is 8.68. The molecule has 3 amide bonds. The fourth-order valence-electron chi connectivity index (χ4n) is 2.77. The van der Waals surface area contributed by atoms with E-state index < -0.39 is 17.9 Å². The van der Waals surface area contributed by atoms with Crippen LogP contribution in [0.1, 0.15) is 21.9 Å². The van der Waals surface area contributed by atoms with Crippen molar-refractivity contribution in [1.82, 2.24) is 10.2 Å². The van der Waals surface area contributed by atoms with E-state index in [1.54, 1.807) is 12.1 Å². The van der Waals surface area contributed by atoms with Crippen molar-refractivity contribution in [3.05, 3.63) is 52.1 Å². The van der Waals surface area contributed by atoms with Crippen LogP contribution in [0.3, 0.4) is 0 Å². The number of nitrogens with one attached hydrogen (secondary N) is 1. The Labute approximate surface area is 170 Å². The largest absolute Gasteiger partial charge is 0.493 e. The summed E-state index contributed by atoms with van der Waals surface area (Å²) >= 11 is 6.09. The Hall–Kier alpha value is -3.46. The minimum atomic E-state index is -0.656. The highest BCUT2D eigenvalue weighted by atomic mass is 35.5. The summed E-state index contributed by atoms with van der Waals surface area (Å²) in [5.41, 5.74) is 0.477. The van der Waals surface area contributed by atoms with Crippen LogP contribution in [0.15, 0.2) is 34.4 Å². The summed E-state index contributed by atoms with van der Waals surface area (Å²) in [4.78, 5) is 37.4. The molecule has 3 rings (SSSR count). The summed E-state index contributed by atoms with van der Waals surface area (Å²) in [5.74, 6) is -0.272. The van der Waals surface area contributed by atoms with E-state index in [1.165, 1.54) is 39.5 Å². The van der Waals surface area contributed by atoms with Gasteiger partial charge in [0.15, 0.2) is 11.5 Å². The van der Waals surface area contributed by atoms with Crippen molar-refractivity contribution in [2.24, 2.45) is 0 Å². The van der Waals surface area contributed by atoms with Gasteiger partial charge in [0.2, 0.25) is 5.76 Å². The van der Waals surface area contributed by atoms with Crippen molar-refractivity contribution >= 4 is 35.6 Å². The molecule has 152 valence electrons. The minimum absolute atomic E-state index is 0.0253. The van der Waals surface area contributed by atoms with Crippen molar-refractivity contribution in [1.29, 1.82) is 0 Å². The van der Waals surface area contributed by atoms with Gasteiger partial charge in [0.05, 0.1) is 27.9 Å². The maximum absolute atomic E-state index is 12.7. The van der Waals surface area contributed by atoms with E-state index in [0.29, 0.717) is 22.1 Å². The van der Waals surface area contributed by atoms with Gasteiger partial charge in [-0.05, 0) is 24.3 Å². The van der Waals surface area contributed by atoms with Crippen LogP contribution in [0.4, 0.5) is 4.79 Å². The molecule has 2 aromatic rings. The Morgan fingerprint density at radius 1 is 1.21 bits per heavy atom. The number of hydrogen-bond donors (Lipinski definition) is 1. The Bertz CT molecular complexity index is 1010. The number of methoxy groups -OCH3 is 3. The molecule has 1 N–H and O–H groups in total. The van der Waals surface area contributed by atoms with Gasteiger partial charge in [-0.25, -0.2) is 9.59 Å². The molecule has 0 atom stereocenters. The topological polar surface area (TPSA) is 107 Å². The molecule has 1 aromatic heterocycles. The summed E-state index contributed by atoms with van der Waals surface area (Å²) < 4.78 is 20.4. The molecular formula is C19H17ClN2O7. The number of amides is 3. The first-order valence-electron chi connectivity index (χ1n) is 8.31. The van der Waals surface area contributed by atoms with Crippen LogP contribution in [0.2, 0.25) is 5.02 Å². The van der Waals surface area contributed by atoms with Crippen LogP contribution in [-0.2, 0) is 16.1 Å². The predicted molar refractivity (Wildman–Crippen MR) is 102 cm³/mol. The normalized spacial score (nSPS) is 14.9. The average Bonchev–Trinajstić information content (AvgIpc) is 3.27. The highest BCUT2D eigenvalue weighted by Crippen LogP contribution is 2.36. The molecular weight excluding hydrogens is 404 g/mol. The molecule has 29 heavy (non-hydrogen) atoms. The van der Waals surface area contributed by atoms with Crippen molar-refractivity contribution in [3.8, 4) is 11.5 Å². The van der Waals surface area contributed by atoms with Crippen molar-refractivity contribution in [2.75, 3.05) is 21.3 Å². The van der Waals surface area contributed by atoms with Crippen LogP contribution in [0.5, 0.6) is 11.5 Å². The SMILES string of the molecule is COC(=O)c1ccc(CN2C(=O)NC(=Cc3cc(Cl)cc(OC)c3OC)C2=O)o1. The van der Waals surface area contributed by atoms with E-state index in [1.807, 2.05) is 0 Å². The third kappa shape index (κ3) is 4.04. The van der Waals surface area contributed by atoms with Gasteiger partial charge in [0.25, 0.3) is 5.91 Å². The molecule has 1 aliphatic heterocycles. The number of ether oxygens (including phenoxy) is 3. The summed E-state index contributed by atoms with van der Waals surface area (Å²) in [5, 5.41) is 2.87. The number of rotatable bonds is 6. The summed E-state index contributed by atoms with van der Waals surface area (Å²) in [6.45, 7) is -0.158. The Kier molecular flexibility index (Phi) is 5.79. The van der Waals surface area contributed by atoms with Gasteiger partial charge >= 0.3 is 12.0 Å². The molecule has 1 aromatic carbocycles. The van der Waals surface area contributed by atoms with Gasteiger partial charge in [0, 0.05) is 16.7 Å². The molecule has 0 radical (unpaired) electrons. The number of halogens is 1. The van der Waals surface area contributed by atoms with E-state index in [-0.39, 0.29) is 23.8 Å². The second kappa shape index (κ2) is 8.27. The van der Waals surface area contributed by atoms with Crippen LogP contribution >= 0.6 is 11.6 Å². The van der Waals surface area contributed by atoms with Crippen molar-refractivity contribution < 1.29 is 33.0 Å². The van der Waals surface area contributed by atoms with E-state index in [9.17, 15) is 14.4 Å². The quantitative estimate of drug-likeness (QED) is 0.435. The fourth-order valence-corrected chi connectivity index (χ4v) is 2.98. The molecule has 0 aliphatic carbocycles. The molecule has 0 bridgehead atoms. The van der Waals surface area contributed by atoms with E-state index in [4.69, 9.17) is 25.5 Å². The van der Waals surface area contributed by atoms with Gasteiger partial charge in [0.1, 0.15) is 11.5 Å². The lowest BCUT2D eigenvalue weighted by Gasteiger charge is -2.11. The van der Waals surface area contributed by atoms with Crippen LogP contribution in [0, 0.1) is 0 Å². The number of nitrogens with zero attached hydrogens (tertiary/aromatic N) is 1. The maximum Gasteiger partial charge on any atom is 0.373 e. The average molecular weight is 421 g/mol. The molecule has 1 saturated heterocycles. The van der Waals surface area contributed by atoms with Gasteiger partial charge in [-0.1, -0.05) is 11.6 Å². The van der Waals surface area contributed by atoms with Crippen LogP contribution in [0.25, 0.3) is 6.08 Å². The predicted octanol–water partition coefficient (Wildman–Crippen LogP) is 2.83. The number of carbonyl (C=O) groups is 3. The second-order valence-electron chi connectivity index (χ2n) is 5.87. The lowest BCUT2D eigenvalue weighted by molar-refractivity contribution is -0.123. The number of furan rings is 1. The first kappa shape index (κ1) is 20.3. The summed E-state index contributed by atoms with van der Waals surface area (Å²) in [6, 6.07) is 5.40. The van der Waals surface area contributed by atoms with Crippen molar-refractivity contribution in [2.45, 2.75) is 6.54 Å². The number of imide groups is 1. The molecule has 1 fully saturated rings. The van der Waals surface area contributed by atoms with Gasteiger partial charge in [-0.3, -0.25) is 9.69 Å². The van der Waals surface area contributed by atoms with E-state index in [2.05, 4.69) is 10.1 Å². The lowest BCUT2D eigenvalue weighted by Crippen LogP contribution is -2.30. The highest BCUT2D eigenvalue weighted by molar-refractivity contribution is 6.31. The molecule has 10 heteroatoms. The number of hydrogen-bond acceptors (Lipinski definition) is 7. The number of urea groups is 1. The van der Waals surface area contributed by atoms with Crippen LogP contribution in [-0.4, -0.2) is 44.1 Å². The van der Waals surface area contributed by atoms with Gasteiger partial charge in [-0.2, -0.15) is 0 Å². The fraction of sp³-hybridized carbons (Fsp3) is 0.211. The zero-order valence-electron chi connectivity index (χ0n) is 15.8. The molecule has 0 unspecified atom stereocenters. The number of esters is 1. The monoisotopic (exact) mass is 420 g/mol. The zero-order chi connectivity index (χ0) is 21.1. The van der Waals surface area contributed by atoms with Crippen molar-refractivity contribution in [3.63, 3.8) is 0 Å². The Morgan fingerprint density at radius 2 is 1.97 bits per heavy atom. The highest BCUT2D eigenvalue weighted by Gasteiger charge is 2.34. The van der Waals surface area contributed by atoms with Gasteiger partial charge in [-0.15, -0.1) is 0 Å². The Balaban J connectivity index is 1.86. The molecule has 1 aliphatic rings. The smallest absolute Gasteiger partial charge is 0.373 e. The zero-order valence-corrected chi connectivity index (χ0v) is 16.5. The first-order chi connectivity index (χ1) is 13.9. The van der Waals surface area contributed by atoms with E-state index >= 15 is 0 Å².